The third-order valence-electron chi connectivity index (χ3n) is 11.4. The third kappa shape index (κ3) is 8.90. The zero-order valence-electron chi connectivity index (χ0n) is 36.3. The molecule has 0 aliphatic heterocycles. The Kier molecular flexibility index (Phi) is 14.1. The van der Waals surface area contributed by atoms with Crippen LogP contribution in [0.4, 0.5) is 0 Å². The largest absolute Gasteiger partial charge is 0.481 e. The maximum Gasteiger partial charge on any atom is 0.353 e. The minimum Gasteiger partial charge on any atom is -0.481 e. The molecule has 348 valence electrons. The lowest BCUT2D eigenvalue weighted by atomic mass is 10.0. The van der Waals surface area contributed by atoms with E-state index in [4.69, 9.17) is 9.47 Å². The number of carbonyl (C=O) groups is 2. The van der Waals surface area contributed by atoms with E-state index in [1.54, 1.807) is 41.6 Å². The highest BCUT2D eigenvalue weighted by Gasteiger charge is 2.31. The first-order valence-corrected chi connectivity index (χ1v) is 24.1. The van der Waals surface area contributed by atoms with Crippen LogP contribution < -0.4 is 14.2 Å². The molecule has 10 rings (SSSR count). The molecule has 10 aromatic rings. The molecule has 2 N–H and O–H groups in total. The van der Waals surface area contributed by atoms with E-state index in [-0.39, 0.29) is 26.2 Å². The number of thiazole rings is 2. The Bertz CT molecular complexity index is 3630. The van der Waals surface area contributed by atoms with Gasteiger partial charge in [0.1, 0.15) is 11.4 Å². The number of methoxy groups -OCH3 is 2. The highest BCUT2D eigenvalue weighted by Crippen LogP contribution is 2.44. The number of aromatic carboxylic acids is 1. The predicted octanol–water partition coefficient (Wildman–Crippen LogP) is 11.0. The van der Waals surface area contributed by atoms with Crippen molar-refractivity contribution in [3.63, 3.8) is 0 Å². The Balaban J connectivity index is 0.000000197. The molecule has 68 heavy (non-hydrogen) atoms. The molecule has 17 heteroatoms. The van der Waals surface area contributed by atoms with Crippen LogP contribution in [-0.2, 0) is 23.1 Å². The first-order chi connectivity index (χ1) is 31.9. The van der Waals surface area contributed by atoms with Gasteiger partial charge >= 0.3 is 5.97 Å². The molecule has 14 nitrogen and oxygen atoms in total. The van der Waals surface area contributed by atoms with Crippen LogP contribution >= 0.6 is 22.7 Å². The second-order valence-electron chi connectivity index (χ2n) is 15.4. The van der Waals surface area contributed by atoms with Gasteiger partial charge in [0.05, 0.1) is 63.0 Å². The number of hydrogen-bond acceptors (Lipinski definition) is 12. The Morgan fingerprint density at radius 1 is 0.632 bits per heavy atom. The van der Waals surface area contributed by atoms with Crippen molar-refractivity contribution < 1.29 is 32.6 Å². The van der Waals surface area contributed by atoms with E-state index in [9.17, 15) is 23.1 Å². The molecule has 0 aliphatic rings. The molecule has 1 amide bonds. The Morgan fingerprint density at radius 2 is 1.07 bits per heavy atom. The van der Waals surface area contributed by atoms with Gasteiger partial charge in [-0.05, 0) is 84.6 Å². The molecule has 4 aromatic carbocycles. The molecule has 0 fully saturated rings. The van der Waals surface area contributed by atoms with Gasteiger partial charge in [-0.2, -0.15) is 0 Å². The normalized spacial score (nSPS) is 11.2. The Hall–Kier alpha value is -7.47. The summed E-state index contributed by atoms with van der Waals surface area (Å²) in [6, 6.07) is 31.0. The summed E-state index contributed by atoms with van der Waals surface area (Å²) in [5.74, 6) is -1.04. The number of amides is 1. The van der Waals surface area contributed by atoms with Crippen molar-refractivity contribution in [3.8, 4) is 34.0 Å². The number of hydrogen-bond donors (Lipinski definition) is 2. The number of ether oxygens (including phenoxy) is 2. The van der Waals surface area contributed by atoms with Crippen molar-refractivity contribution in [1.29, 1.82) is 0 Å². The van der Waals surface area contributed by atoms with Crippen molar-refractivity contribution in [1.82, 2.24) is 33.8 Å². The summed E-state index contributed by atoms with van der Waals surface area (Å²) in [6.07, 6.45) is 4.19. The van der Waals surface area contributed by atoms with Crippen LogP contribution in [0, 0.1) is 13.8 Å². The summed E-state index contributed by atoms with van der Waals surface area (Å²) in [5, 5.41) is 11.9. The molecule has 0 atom stereocenters. The van der Waals surface area contributed by atoms with Crippen molar-refractivity contribution in [2.45, 2.75) is 41.8 Å². The van der Waals surface area contributed by atoms with Gasteiger partial charge < -0.3 is 23.7 Å². The number of rotatable bonds is 11. The fourth-order valence-electron chi connectivity index (χ4n) is 8.46. The molecule has 6 aromatic heterocycles. The fourth-order valence-corrected chi connectivity index (χ4v) is 10.3. The van der Waals surface area contributed by atoms with E-state index in [1.807, 2.05) is 102 Å². The van der Waals surface area contributed by atoms with Gasteiger partial charge in [0.25, 0.3) is 5.91 Å². The molecule has 0 unspecified atom stereocenters. The number of carboxylic acid groups (broad SMARTS) is 1. The average molecular weight is 968 g/mol. The Morgan fingerprint density at radius 3 is 1.50 bits per heavy atom. The minimum absolute atomic E-state index is 0. The number of sulfonamides is 1. The molecule has 0 saturated heterocycles. The van der Waals surface area contributed by atoms with Crippen molar-refractivity contribution >= 4 is 86.8 Å². The monoisotopic (exact) mass is 967 g/mol. The zero-order chi connectivity index (χ0) is 46.3. The molecule has 0 aliphatic carbocycles. The van der Waals surface area contributed by atoms with E-state index in [2.05, 4.69) is 24.7 Å². The van der Waals surface area contributed by atoms with Crippen molar-refractivity contribution in [2.75, 3.05) is 20.5 Å². The second kappa shape index (κ2) is 19.8. The minimum atomic E-state index is -3.83. The number of pyridine rings is 2. The lowest BCUT2D eigenvalue weighted by Gasteiger charge is -2.14. The van der Waals surface area contributed by atoms with E-state index in [0.717, 1.165) is 70.7 Å². The standard InChI is InChI=1S/C25H22N4O4S2.C24H19N3O3S.2CH4/c1-15-7-4-5-8-16(15)13-29-18-10-11-19-22(27-14-34-19)21(18)20(17-9-6-12-26-25(17)33-2)23(29)24(30)28-35(3,31)32;1-14-6-3-4-7-15(14)12-27-17-9-10-18-21(26-13-31-18)20(17)19(22(27)24(28)29)16-8-5-11-25-23(16)30-2;;/h4-12,14H,13H2,1-3H3,(H,28,30);3-11,13H,12H2,1-2H3,(H,28,29);2*1H4. The van der Waals surface area contributed by atoms with Gasteiger partial charge in [-0.15, -0.1) is 22.7 Å². The van der Waals surface area contributed by atoms with E-state index < -0.39 is 21.9 Å². The molecule has 0 spiro atoms. The molecule has 0 radical (unpaired) electrons. The van der Waals surface area contributed by atoms with Crippen LogP contribution in [0.15, 0.2) is 120 Å². The maximum absolute atomic E-state index is 13.6. The average Bonchev–Trinajstić information content (AvgIpc) is 4.11. The summed E-state index contributed by atoms with van der Waals surface area (Å²) in [4.78, 5) is 44.1. The first-order valence-electron chi connectivity index (χ1n) is 20.5. The highest BCUT2D eigenvalue weighted by molar-refractivity contribution is 7.89. The lowest BCUT2D eigenvalue weighted by molar-refractivity contribution is 0.0686. The van der Waals surface area contributed by atoms with Crippen LogP contribution in [0.2, 0.25) is 0 Å². The SMILES string of the molecule is C.C.COc1ncccc1-c1c(C(=O)NS(C)(=O)=O)n(Cc2ccccc2C)c2ccc3scnc3c12.COc1ncccc1-c1c(C(=O)O)n(Cc2ccccc2C)c2ccc3scnc3c12. The topological polar surface area (TPSA) is 180 Å². The second-order valence-corrected chi connectivity index (χ2v) is 18.9. The summed E-state index contributed by atoms with van der Waals surface area (Å²) in [5.41, 5.74) is 13.6. The molecule has 0 bridgehead atoms. The number of aryl methyl sites for hydroxylation is 2. The number of fused-ring (bicyclic) bond motifs is 6. The van der Waals surface area contributed by atoms with Gasteiger partial charge in [-0.1, -0.05) is 63.4 Å². The van der Waals surface area contributed by atoms with Crippen LogP contribution in [-0.4, -0.2) is 74.9 Å². The van der Waals surface area contributed by atoms with Crippen molar-refractivity contribution in [3.05, 3.63) is 154 Å². The molecule has 6 heterocycles. The number of carboxylic acids is 1. The number of benzene rings is 4. The lowest BCUT2D eigenvalue weighted by Crippen LogP contribution is -2.31. The summed E-state index contributed by atoms with van der Waals surface area (Å²) >= 11 is 3.02. The highest BCUT2D eigenvalue weighted by atomic mass is 32.2. The van der Waals surface area contributed by atoms with E-state index in [1.165, 1.54) is 36.9 Å². The smallest absolute Gasteiger partial charge is 0.353 e. The summed E-state index contributed by atoms with van der Waals surface area (Å²) in [7, 11) is -0.780. The van der Waals surface area contributed by atoms with E-state index >= 15 is 0 Å². The van der Waals surface area contributed by atoms with Crippen LogP contribution in [0.1, 0.15) is 58.1 Å². The quantitative estimate of drug-likeness (QED) is 0.126. The number of nitrogens with one attached hydrogen (secondary N) is 1. The van der Waals surface area contributed by atoms with Gasteiger partial charge in [-0.3, -0.25) is 4.79 Å². The number of aromatic nitrogens is 6. The zero-order valence-corrected chi connectivity index (χ0v) is 38.7. The Labute approximate surface area is 401 Å². The summed E-state index contributed by atoms with van der Waals surface area (Å²) < 4.78 is 43.1. The first kappa shape index (κ1) is 48.5. The predicted molar refractivity (Wildman–Crippen MR) is 273 cm³/mol. The maximum atomic E-state index is 13.6. The van der Waals surface area contributed by atoms with Crippen LogP contribution in [0.3, 0.4) is 0 Å². The van der Waals surface area contributed by atoms with Gasteiger partial charge in [-0.25, -0.2) is 37.9 Å². The van der Waals surface area contributed by atoms with Crippen LogP contribution in [0.5, 0.6) is 11.8 Å². The number of nitrogens with zero attached hydrogens (tertiary/aromatic N) is 6. The molecular weight excluding hydrogens is 919 g/mol. The third-order valence-corrected chi connectivity index (χ3v) is 13.5. The van der Waals surface area contributed by atoms with Crippen LogP contribution in [0.25, 0.3) is 64.5 Å². The number of carbonyl (C=O) groups excluding carboxylic acids is 1. The molecular formula is C51H49N7O7S3. The summed E-state index contributed by atoms with van der Waals surface area (Å²) in [6.45, 7) is 4.82. The van der Waals surface area contributed by atoms with Gasteiger partial charge in [0.15, 0.2) is 0 Å². The van der Waals surface area contributed by atoms with Gasteiger partial charge in [0, 0.05) is 58.5 Å². The fraction of sp³-hybridized carbons (Fsp3) is 0.176. The van der Waals surface area contributed by atoms with E-state index in [0.29, 0.717) is 47.1 Å². The van der Waals surface area contributed by atoms with Crippen molar-refractivity contribution in [2.24, 2.45) is 0 Å². The molecule has 0 saturated carbocycles. The van der Waals surface area contributed by atoms with Gasteiger partial charge in [0.2, 0.25) is 21.8 Å².